The van der Waals surface area contributed by atoms with E-state index in [1.807, 2.05) is 12.1 Å². The highest BCUT2D eigenvalue weighted by Gasteiger charge is 2.04. The number of para-hydroxylation sites is 1. The lowest BCUT2D eigenvalue weighted by Crippen LogP contribution is -1.98. The van der Waals surface area contributed by atoms with Crippen molar-refractivity contribution < 1.29 is 4.74 Å². The van der Waals surface area contributed by atoms with Gasteiger partial charge in [0.15, 0.2) is 0 Å². The van der Waals surface area contributed by atoms with E-state index >= 15 is 0 Å². The molecule has 0 radical (unpaired) electrons. The average Bonchev–Trinajstić information content (AvgIpc) is 2.67. The van der Waals surface area contributed by atoms with Gasteiger partial charge >= 0.3 is 0 Å². The van der Waals surface area contributed by atoms with Gasteiger partial charge in [-0.15, -0.1) is 11.6 Å². The van der Waals surface area contributed by atoms with E-state index in [2.05, 4.69) is 42.5 Å². The number of alkyl halides is 1. The number of unbranched alkanes of at least 4 members (excludes halogenated alkanes) is 8. The monoisotopic (exact) mass is 358 g/mol. The van der Waals surface area contributed by atoms with Gasteiger partial charge in [0.05, 0.1) is 6.61 Å². The minimum Gasteiger partial charge on any atom is -0.493 e. The molecule has 2 aromatic rings. The summed E-state index contributed by atoms with van der Waals surface area (Å²) in [6.07, 6.45) is 11.6. The van der Waals surface area contributed by atoms with Crippen LogP contribution in [0.4, 0.5) is 0 Å². The Balaban J connectivity index is 1.60. The lowest BCUT2D eigenvalue weighted by molar-refractivity contribution is 0.305. The molecule has 0 aliphatic rings. The summed E-state index contributed by atoms with van der Waals surface area (Å²) in [7, 11) is 0. The predicted molar refractivity (Wildman–Crippen MR) is 110 cm³/mol. The number of benzene rings is 2. The van der Waals surface area contributed by atoms with Crippen LogP contribution in [-0.2, 0) is 0 Å². The maximum absolute atomic E-state index is 6.05. The molecular weight excluding hydrogens is 328 g/mol. The van der Waals surface area contributed by atoms with Gasteiger partial charge in [-0.25, -0.2) is 0 Å². The number of hydrogen-bond donors (Lipinski definition) is 0. The molecule has 0 amide bonds. The molecule has 0 aromatic heterocycles. The van der Waals surface area contributed by atoms with Crippen LogP contribution >= 0.6 is 11.6 Å². The fourth-order valence-corrected chi connectivity index (χ4v) is 3.25. The van der Waals surface area contributed by atoms with Gasteiger partial charge in [0.2, 0.25) is 0 Å². The minimum atomic E-state index is 0.805. The largest absolute Gasteiger partial charge is 0.493 e. The summed E-state index contributed by atoms with van der Waals surface area (Å²) in [6, 6.07) is 18.8. The highest BCUT2D eigenvalue weighted by molar-refractivity contribution is 6.17. The van der Waals surface area contributed by atoms with Crippen LogP contribution in [0.5, 0.6) is 5.75 Å². The van der Waals surface area contributed by atoms with Crippen molar-refractivity contribution in [3.8, 4) is 16.9 Å². The molecule has 0 bridgehead atoms. The first-order valence-corrected chi connectivity index (χ1v) is 10.3. The molecule has 0 atom stereocenters. The first-order valence-electron chi connectivity index (χ1n) is 9.75. The Morgan fingerprint density at radius 1 is 0.600 bits per heavy atom. The fraction of sp³-hybridized carbons (Fsp3) is 0.478. The standard InChI is InChI=1S/C23H31ClO/c24-19-13-6-4-2-1-3-5-7-14-20-25-23-18-12-11-17-22(23)21-15-9-8-10-16-21/h8-12,15-18H,1-7,13-14,19-20H2. The Morgan fingerprint density at radius 3 is 1.84 bits per heavy atom. The lowest BCUT2D eigenvalue weighted by Gasteiger charge is -2.11. The van der Waals surface area contributed by atoms with Gasteiger partial charge in [0.1, 0.15) is 5.75 Å². The zero-order valence-corrected chi connectivity index (χ0v) is 16.0. The summed E-state index contributed by atoms with van der Waals surface area (Å²) in [4.78, 5) is 0. The quantitative estimate of drug-likeness (QED) is 0.266. The van der Waals surface area contributed by atoms with E-state index in [0.29, 0.717) is 0 Å². The van der Waals surface area contributed by atoms with Crippen LogP contribution in [0, 0.1) is 0 Å². The van der Waals surface area contributed by atoms with Crippen molar-refractivity contribution in [1.82, 2.24) is 0 Å². The van der Waals surface area contributed by atoms with E-state index in [4.69, 9.17) is 16.3 Å². The highest BCUT2D eigenvalue weighted by Crippen LogP contribution is 2.29. The van der Waals surface area contributed by atoms with Crippen molar-refractivity contribution in [2.45, 2.75) is 57.8 Å². The van der Waals surface area contributed by atoms with Gasteiger partial charge in [-0.1, -0.05) is 93.5 Å². The molecule has 1 nitrogen and oxygen atoms in total. The first kappa shape index (κ1) is 19.8. The Bertz CT molecular complexity index is 567. The van der Waals surface area contributed by atoms with Gasteiger partial charge in [0.25, 0.3) is 0 Å². The third-order valence-corrected chi connectivity index (χ3v) is 4.77. The van der Waals surface area contributed by atoms with Crippen molar-refractivity contribution in [1.29, 1.82) is 0 Å². The first-order chi connectivity index (χ1) is 12.4. The van der Waals surface area contributed by atoms with Crippen LogP contribution in [0.3, 0.4) is 0 Å². The molecule has 2 rings (SSSR count). The molecule has 0 spiro atoms. The molecule has 0 N–H and O–H groups in total. The Kier molecular flexibility index (Phi) is 10.2. The number of ether oxygens (including phenoxy) is 1. The Morgan fingerprint density at radius 2 is 1.16 bits per heavy atom. The van der Waals surface area contributed by atoms with Gasteiger partial charge in [0, 0.05) is 11.4 Å². The third-order valence-electron chi connectivity index (χ3n) is 4.51. The predicted octanol–water partition coefficient (Wildman–Crippen LogP) is 7.48. The van der Waals surface area contributed by atoms with E-state index < -0.39 is 0 Å². The molecular formula is C23H31ClO. The van der Waals surface area contributed by atoms with Crippen LogP contribution < -0.4 is 4.74 Å². The number of rotatable bonds is 13. The van der Waals surface area contributed by atoms with E-state index in [9.17, 15) is 0 Å². The summed E-state index contributed by atoms with van der Waals surface area (Å²) in [5.74, 6) is 1.81. The Labute approximate surface area is 158 Å². The molecule has 136 valence electrons. The van der Waals surface area contributed by atoms with Crippen LogP contribution in [-0.4, -0.2) is 12.5 Å². The second kappa shape index (κ2) is 12.8. The second-order valence-corrected chi connectivity index (χ2v) is 6.96. The van der Waals surface area contributed by atoms with Crippen LogP contribution in [0.2, 0.25) is 0 Å². The summed E-state index contributed by atoms with van der Waals surface area (Å²) < 4.78 is 6.05. The molecule has 2 heteroatoms. The molecule has 0 saturated carbocycles. The van der Waals surface area contributed by atoms with Crippen molar-refractivity contribution >= 4 is 11.6 Å². The summed E-state index contributed by atoms with van der Waals surface area (Å²) >= 11 is 5.69. The van der Waals surface area contributed by atoms with Crippen LogP contribution in [0.25, 0.3) is 11.1 Å². The van der Waals surface area contributed by atoms with E-state index in [0.717, 1.165) is 24.7 Å². The highest BCUT2D eigenvalue weighted by atomic mass is 35.5. The molecule has 25 heavy (non-hydrogen) atoms. The van der Waals surface area contributed by atoms with Crippen molar-refractivity contribution in [2.75, 3.05) is 12.5 Å². The maximum Gasteiger partial charge on any atom is 0.127 e. The summed E-state index contributed by atoms with van der Waals surface area (Å²) in [5.41, 5.74) is 2.40. The van der Waals surface area contributed by atoms with E-state index in [1.165, 1.54) is 62.5 Å². The average molecular weight is 359 g/mol. The van der Waals surface area contributed by atoms with Gasteiger partial charge in [-0.3, -0.25) is 0 Å². The van der Waals surface area contributed by atoms with Gasteiger partial charge in [-0.2, -0.15) is 0 Å². The third kappa shape index (κ3) is 7.96. The maximum atomic E-state index is 6.05. The summed E-state index contributed by atoms with van der Waals surface area (Å²) in [6.45, 7) is 0.805. The molecule has 0 saturated heterocycles. The molecule has 0 fully saturated rings. The van der Waals surface area contributed by atoms with Crippen molar-refractivity contribution in [3.63, 3.8) is 0 Å². The Hall–Kier alpha value is -1.47. The smallest absolute Gasteiger partial charge is 0.127 e. The molecule has 2 aromatic carbocycles. The topological polar surface area (TPSA) is 9.23 Å². The molecule has 0 unspecified atom stereocenters. The van der Waals surface area contributed by atoms with Crippen LogP contribution in [0.15, 0.2) is 54.6 Å². The van der Waals surface area contributed by atoms with Crippen molar-refractivity contribution in [3.05, 3.63) is 54.6 Å². The van der Waals surface area contributed by atoms with E-state index in [-0.39, 0.29) is 0 Å². The SMILES string of the molecule is ClCCCCCCCCCCCOc1ccccc1-c1ccccc1. The molecule has 0 aliphatic heterocycles. The zero-order valence-electron chi connectivity index (χ0n) is 15.3. The lowest BCUT2D eigenvalue weighted by atomic mass is 10.0. The number of hydrogen-bond acceptors (Lipinski definition) is 1. The summed E-state index contributed by atoms with van der Waals surface area (Å²) in [5, 5.41) is 0. The van der Waals surface area contributed by atoms with Gasteiger partial charge in [-0.05, 0) is 24.5 Å². The van der Waals surface area contributed by atoms with Gasteiger partial charge < -0.3 is 4.74 Å². The second-order valence-electron chi connectivity index (χ2n) is 6.58. The normalized spacial score (nSPS) is 10.8. The minimum absolute atomic E-state index is 0.805. The zero-order chi connectivity index (χ0) is 17.6. The molecule has 0 aliphatic carbocycles. The number of halogens is 1. The van der Waals surface area contributed by atoms with Crippen LogP contribution in [0.1, 0.15) is 57.8 Å². The van der Waals surface area contributed by atoms with E-state index in [1.54, 1.807) is 0 Å². The van der Waals surface area contributed by atoms with Crippen molar-refractivity contribution in [2.24, 2.45) is 0 Å². The molecule has 0 heterocycles. The fourth-order valence-electron chi connectivity index (χ4n) is 3.06.